The van der Waals surface area contributed by atoms with Gasteiger partial charge in [0, 0.05) is 34.2 Å². The van der Waals surface area contributed by atoms with Gasteiger partial charge < -0.3 is 9.64 Å². The first-order chi connectivity index (χ1) is 13.5. The normalized spacial score (nSPS) is 10.5. The van der Waals surface area contributed by atoms with Crippen LogP contribution in [0.3, 0.4) is 0 Å². The average Bonchev–Trinajstić information content (AvgIpc) is 2.70. The maximum Gasteiger partial charge on any atom is 0.271 e. The van der Waals surface area contributed by atoms with Gasteiger partial charge in [0.05, 0.1) is 17.7 Å². The number of hydrogen-bond acceptors (Lipinski definition) is 4. The van der Waals surface area contributed by atoms with E-state index in [9.17, 15) is 10.1 Å². The van der Waals surface area contributed by atoms with Crippen LogP contribution < -0.4 is 9.64 Å². The lowest BCUT2D eigenvalue weighted by molar-refractivity contribution is -0.384. The van der Waals surface area contributed by atoms with Crippen molar-refractivity contribution in [2.45, 2.75) is 13.1 Å². The highest BCUT2D eigenvalue weighted by Gasteiger charge is 2.19. The minimum Gasteiger partial charge on any atom is -0.495 e. The molecule has 0 aliphatic rings. The standard InChI is InChI=1S/C21H18Br2N2O3/c1-28-21-11-10-17(25(26)27)12-20(21)24(13-15-6-2-4-8-18(15)22)14-16-7-3-5-9-19(16)23/h2-12H,13-14H2,1H3. The summed E-state index contributed by atoms with van der Waals surface area (Å²) in [5, 5.41) is 11.3. The van der Waals surface area contributed by atoms with E-state index in [2.05, 4.69) is 36.8 Å². The van der Waals surface area contributed by atoms with E-state index in [1.807, 2.05) is 48.5 Å². The van der Waals surface area contributed by atoms with Crippen molar-refractivity contribution in [3.8, 4) is 5.75 Å². The Morgan fingerprint density at radius 1 is 0.929 bits per heavy atom. The molecule has 5 nitrogen and oxygen atoms in total. The topological polar surface area (TPSA) is 55.6 Å². The molecule has 28 heavy (non-hydrogen) atoms. The molecular formula is C21H18Br2N2O3. The molecule has 0 fully saturated rings. The van der Waals surface area contributed by atoms with E-state index in [1.54, 1.807) is 19.2 Å². The summed E-state index contributed by atoms with van der Waals surface area (Å²) in [5.74, 6) is 0.588. The zero-order valence-corrected chi connectivity index (χ0v) is 18.3. The van der Waals surface area contributed by atoms with E-state index in [-0.39, 0.29) is 5.69 Å². The smallest absolute Gasteiger partial charge is 0.271 e. The van der Waals surface area contributed by atoms with Crippen molar-refractivity contribution in [1.82, 2.24) is 0 Å². The van der Waals surface area contributed by atoms with Crippen LogP contribution in [0.15, 0.2) is 75.7 Å². The Kier molecular flexibility index (Phi) is 6.70. The Bertz CT molecular complexity index is 947. The monoisotopic (exact) mass is 504 g/mol. The second-order valence-electron chi connectivity index (χ2n) is 6.15. The van der Waals surface area contributed by atoms with Crippen molar-refractivity contribution in [3.63, 3.8) is 0 Å². The van der Waals surface area contributed by atoms with E-state index in [0.29, 0.717) is 24.5 Å². The number of nitro groups is 1. The second kappa shape index (κ2) is 9.21. The number of non-ortho nitro benzene ring substituents is 1. The molecule has 3 rings (SSSR count). The van der Waals surface area contributed by atoms with Gasteiger partial charge >= 0.3 is 0 Å². The summed E-state index contributed by atoms with van der Waals surface area (Å²) in [4.78, 5) is 13.0. The third-order valence-electron chi connectivity index (χ3n) is 4.35. The molecule has 0 amide bonds. The van der Waals surface area contributed by atoms with Gasteiger partial charge in [-0.05, 0) is 29.3 Å². The summed E-state index contributed by atoms with van der Waals surface area (Å²) in [5.41, 5.74) is 2.84. The van der Waals surface area contributed by atoms with Crippen molar-refractivity contribution < 1.29 is 9.66 Å². The SMILES string of the molecule is COc1ccc([N+](=O)[O-])cc1N(Cc1ccccc1Br)Cc1ccccc1Br. The van der Waals surface area contributed by atoms with E-state index < -0.39 is 4.92 Å². The fourth-order valence-corrected chi connectivity index (χ4v) is 3.75. The van der Waals surface area contributed by atoms with Crippen molar-refractivity contribution in [2.24, 2.45) is 0 Å². The first kappa shape index (κ1) is 20.4. The first-order valence-electron chi connectivity index (χ1n) is 8.53. The molecule has 0 N–H and O–H groups in total. The molecular weight excluding hydrogens is 488 g/mol. The molecule has 0 bridgehead atoms. The maximum absolute atomic E-state index is 11.3. The molecule has 0 saturated heterocycles. The number of benzene rings is 3. The molecule has 3 aromatic carbocycles. The van der Waals surface area contributed by atoms with Crippen molar-refractivity contribution in [1.29, 1.82) is 0 Å². The molecule has 0 aliphatic carbocycles. The van der Waals surface area contributed by atoms with Crippen LogP contribution in [-0.4, -0.2) is 12.0 Å². The van der Waals surface area contributed by atoms with Crippen LogP contribution in [0.4, 0.5) is 11.4 Å². The van der Waals surface area contributed by atoms with Crippen LogP contribution in [0, 0.1) is 10.1 Å². The lowest BCUT2D eigenvalue weighted by Gasteiger charge is -2.27. The molecule has 0 unspecified atom stereocenters. The van der Waals surface area contributed by atoms with Gasteiger partial charge in [-0.3, -0.25) is 10.1 Å². The lowest BCUT2D eigenvalue weighted by Crippen LogP contribution is -2.23. The van der Waals surface area contributed by atoms with Crippen molar-refractivity contribution >= 4 is 43.2 Å². The largest absolute Gasteiger partial charge is 0.495 e. The summed E-state index contributed by atoms with van der Waals surface area (Å²) in [6.07, 6.45) is 0. The van der Waals surface area contributed by atoms with Gasteiger partial charge in [0.2, 0.25) is 0 Å². The van der Waals surface area contributed by atoms with Gasteiger partial charge in [-0.15, -0.1) is 0 Å². The predicted molar refractivity (Wildman–Crippen MR) is 118 cm³/mol. The Balaban J connectivity index is 2.08. The Labute approximate surface area is 180 Å². The van der Waals surface area contributed by atoms with Gasteiger partial charge in [0.15, 0.2) is 0 Å². The zero-order chi connectivity index (χ0) is 20.1. The van der Waals surface area contributed by atoms with Gasteiger partial charge in [0.1, 0.15) is 5.75 Å². The summed E-state index contributed by atoms with van der Waals surface area (Å²) < 4.78 is 7.48. The number of ether oxygens (including phenoxy) is 1. The van der Waals surface area contributed by atoms with E-state index in [0.717, 1.165) is 20.1 Å². The number of hydrogen-bond donors (Lipinski definition) is 0. The number of nitro benzene ring substituents is 1. The molecule has 0 radical (unpaired) electrons. The number of rotatable bonds is 7. The fourth-order valence-electron chi connectivity index (χ4n) is 2.93. The van der Waals surface area contributed by atoms with Gasteiger partial charge in [-0.2, -0.15) is 0 Å². The summed E-state index contributed by atoms with van der Waals surface area (Å²) in [6, 6.07) is 20.5. The molecule has 3 aromatic rings. The molecule has 0 spiro atoms. The van der Waals surface area contributed by atoms with Crippen molar-refractivity contribution in [3.05, 3.63) is 96.9 Å². The third-order valence-corrected chi connectivity index (χ3v) is 5.90. The Hall–Kier alpha value is -2.38. The minimum absolute atomic E-state index is 0.0278. The van der Waals surface area contributed by atoms with Crippen LogP contribution >= 0.6 is 31.9 Å². The van der Waals surface area contributed by atoms with Crippen LogP contribution in [0.5, 0.6) is 5.75 Å². The van der Waals surface area contributed by atoms with Crippen molar-refractivity contribution in [2.75, 3.05) is 12.0 Å². The quantitative estimate of drug-likeness (QED) is 0.278. The molecule has 144 valence electrons. The number of anilines is 1. The van der Waals surface area contributed by atoms with Gasteiger partial charge in [-0.25, -0.2) is 0 Å². The predicted octanol–water partition coefficient (Wildman–Crippen LogP) is 6.34. The zero-order valence-electron chi connectivity index (χ0n) is 15.1. The number of methoxy groups -OCH3 is 1. The highest BCUT2D eigenvalue weighted by molar-refractivity contribution is 9.10. The van der Waals surface area contributed by atoms with Crippen LogP contribution in [-0.2, 0) is 13.1 Å². The highest BCUT2D eigenvalue weighted by atomic mass is 79.9. The first-order valence-corrected chi connectivity index (χ1v) is 10.1. The Morgan fingerprint density at radius 3 is 1.93 bits per heavy atom. The van der Waals surface area contributed by atoms with Gasteiger partial charge in [-0.1, -0.05) is 68.3 Å². The van der Waals surface area contributed by atoms with E-state index in [4.69, 9.17) is 4.74 Å². The molecule has 0 saturated carbocycles. The van der Waals surface area contributed by atoms with E-state index in [1.165, 1.54) is 6.07 Å². The molecule has 0 atom stereocenters. The second-order valence-corrected chi connectivity index (χ2v) is 7.86. The molecule has 0 heterocycles. The lowest BCUT2D eigenvalue weighted by atomic mass is 10.1. The molecule has 0 aliphatic heterocycles. The van der Waals surface area contributed by atoms with Crippen LogP contribution in [0.2, 0.25) is 0 Å². The van der Waals surface area contributed by atoms with Crippen LogP contribution in [0.1, 0.15) is 11.1 Å². The van der Waals surface area contributed by atoms with Gasteiger partial charge in [0.25, 0.3) is 5.69 Å². The fraction of sp³-hybridized carbons (Fsp3) is 0.143. The maximum atomic E-state index is 11.3. The third kappa shape index (κ3) is 4.72. The number of nitrogens with zero attached hydrogens (tertiary/aromatic N) is 2. The highest BCUT2D eigenvalue weighted by Crippen LogP contribution is 2.35. The number of halogens is 2. The molecule has 0 aromatic heterocycles. The molecule has 7 heteroatoms. The summed E-state index contributed by atoms with van der Waals surface area (Å²) >= 11 is 7.19. The minimum atomic E-state index is -0.391. The average molecular weight is 506 g/mol. The van der Waals surface area contributed by atoms with Crippen LogP contribution in [0.25, 0.3) is 0 Å². The van der Waals surface area contributed by atoms with E-state index >= 15 is 0 Å². The Morgan fingerprint density at radius 2 is 1.46 bits per heavy atom. The summed E-state index contributed by atoms with van der Waals surface area (Å²) in [6.45, 7) is 1.11. The summed E-state index contributed by atoms with van der Waals surface area (Å²) in [7, 11) is 1.57.